The molecule has 1 aromatic rings. The minimum atomic E-state index is -5.23. The smallest absolute Gasteiger partial charge is 0.471 e. The molecule has 1 aromatic heterocycles. The maximum Gasteiger partial charge on any atom is 0.471 e. The van der Waals surface area contributed by atoms with Crippen molar-refractivity contribution in [3.05, 3.63) is 30.1 Å². The highest BCUT2D eigenvalue weighted by Crippen LogP contribution is 2.19. The number of rotatable bonds is 4. The number of amides is 1. The third-order valence-corrected chi connectivity index (χ3v) is 2.17. The number of halogens is 3. The Bertz CT molecular complexity index is 464. The van der Waals surface area contributed by atoms with Crippen molar-refractivity contribution in [3.63, 3.8) is 0 Å². The van der Waals surface area contributed by atoms with Gasteiger partial charge in [-0.3, -0.25) is 9.78 Å². The van der Waals surface area contributed by atoms with Crippen LogP contribution in [0.25, 0.3) is 0 Å². The standard InChI is InChI=1S/C10H9F3N2O4/c11-10(12,13)9(19)15-6(8(17)18)7(16)5-1-3-14-4-2-5/h1-4,6-7,16H,(H,15,19)(H,17,18). The molecule has 0 aliphatic heterocycles. The number of aliphatic carboxylic acids is 1. The van der Waals surface area contributed by atoms with Gasteiger partial charge in [0.1, 0.15) is 6.10 Å². The number of carbonyl (C=O) groups is 2. The van der Waals surface area contributed by atoms with E-state index in [1.54, 1.807) is 0 Å². The normalized spacial score (nSPS) is 14.5. The summed E-state index contributed by atoms with van der Waals surface area (Å²) in [4.78, 5) is 25.1. The van der Waals surface area contributed by atoms with Crippen LogP contribution in [0.1, 0.15) is 11.7 Å². The summed E-state index contributed by atoms with van der Waals surface area (Å²) >= 11 is 0. The van der Waals surface area contributed by atoms with Gasteiger partial charge in [-0.05, 0) is 17.7 Å². The Balaban J connectivity index is 2.90. The Kier molecular flexibility index (Phi) is 4.43. The van der Waals surface area contributed by atoms with Gasteiger partial charge in [-0.1, -0.05) is 0 Å². The summed E-state index contributed by atoms with van der Waals surface area (Å²) in [5.41, 5.74) is 0.0184. The van der Waals surface area contributed by atoms with Crippen LogP contribution in [0.5, 0.6) is 0 Å². The van der Waals surface area contributed by atoms with Crippen molar-refractivity contribution in [2.75, 3.05) is 0 Å². The van der Waals surface area contributed by atoms with Gasteiger partial charge in [0, 0.05) is 12.4 Å². The summed E-state index contributed by atoms with van der Waals surface area (Å²) in [6.07, 6.45) is -4.61. The van der Waals surface area contributed by atoms with E-state index in [-0.39, 0.29) is 5.56 Å². The predicted octanol–water partition coefficient (Wildman–Crippen LogP) is 0.247. The second-order valence-corrected chi connectivity index (χ2v) is 3.51. The van der Waals surface area contributed by atoms with Crippen molar-refractivity contribution in [3.8, 4) is 0 Å². The molecule has 3 N–H and O–H groups in total. The van der Waals surface area contributed by atoms with Crippen molar-refractivity contribution >= 4 is 11.9 Å². The molecular weight excluding hydrogens is 269 g/mol. The molecule has 0 saturated carbocycles. The minimum absolute atomic E-state index is 0.0184. The van der Waals surface area contributed by atoms with Gasteiger partial charge in [0.05, 0.1) is 0 Å². The van der Waals surface area contributed by atoms with Gasteiger partial charge in [-0.15, -0.1) is 0 Å². The van der Waals surface area contributed by atoms with Crippen LogP contribution in [0.3, 0.4) is 0 Å². The fraction of sp³-hybridized carbons (Fsp3) is 0.300. The molecule has 0 radical (unpaired) electrons. The number of aliphatic hydroxyl groups excluding tert-OH is 1. The molecule has 1 rings (SSSR count). The molecule has 2 atom stereocenters. The number of nitrogens with one attached hydrogen (secondary N) is 1. The summed E-state index contributed by atoms with van der Waals surface area (Å²) in [6.45, 7) is 0. The maximum absolute atomic E-state index is 12.0. The highest BCUT2D eigenvalue weighted by atomic mass is 19.4. The Morgan fingerprint density at radius 1 is 1.26 bits per heavy atom. The van der Waals surface area contributed by atoms with E-state index in [0.29, 0.717) is 0 Å². The Morgan fingerprint density at radius 3 is 2.21 bits per heavy atom. The highest BCUT2D eigenvalue weighted by molar-refractivity contribution is 5.87. The number of pyridine rings is 1. The number of carboxylic acids is 1. The van der Waals surface area contributed by atoms with Gasteiger partial charge in [-0.25, -0.2) is 4.79 Å². The number of carboxylic acid groups (broad SMARTS) is 1. The number of aromatic nitrogens is 1. The number of aliphatic hydroxyl groups is 1. The van der Waals surface area contributed by atoms with Gasteiger partial charge in [0.25, 0.3) is 0 Å². The van der Waals surface area contributed by atoms with Crippen LogP contribution >= 0.6 is 0 Å². The monoisotopic (exact) mass is 278 g/mol. The first-order valence-corrected chi connectivity index (χ1v) is 4.92. The molecule has 0 bridgehead atoms. The predicted molar refractivity (Wildman–Crippen MR) is 54.8 cm³/mol. The summed E-state index contributed by atoms with van der Waals surface area (Å²) < 4.78 is 36.1. The van der Waals surface area contributed by atoms with Gasteiger partial charge in [-0.2, -0.15) is 13.2 Å². The van der Waals surface area contributed by atoms with E-state index < -0.39 is 30.2 Å². The minimum Gasteiger partial charge on any atom is -0.480 e. The average Bonchev–Trinajstić information content (AvgIpc) is 2.34. The molecule has 19 heavy (non-hydrogen) atoms. The zero-order valence-corrected chi connectivity index (χ0v) is 9.26. The highest BCUT2D eigenvalue weighted by Gasteiger charge is 2.42. The van der Waals surface area contributed by atoms with Gasteiger partial charge >= 0.3 is 18.1 Å². The van der Waals surface area contributed by atoms with Gasteiger partial charge in [0.15, 0.2) is 6.04 Å². The van der Waals surface area contributed by atoms with E-state index >= 15 is 0 Å². The second kappa shape index (κ2) is 5.65. The maximum atomic E-state index is 12.0. The first-order valence-electron chi connectivity index (χ1n) is 4.92. The molecule has 1 heterocycles. The van der Waals surface area contributed by atoms with Crippen molar-refractivity contribution in [2.45, 2.75) is 18.3 Å². The van der Waals surface area contributed by atoms with Crippen molar-refractivity contribution in [1.82, 2.24) is 10.3 Å². The third-order valence-electron chi connectivity index (χ3n) is 2.17. The van der Waals surface area contributed by atoms with Gasteiger partial charge < -0.3 is 15.5 Å². The second-order valence-electron chi connectivity index (χ2n) is 3.51. The van der Waals surface area contributed by atoms with E-state index in [2.05, 4.69) is 4.98 Å². The third kappa shape index (κ3) is 3.91. The topological polar surface area (TPSA) is 99.5 Å². The summed E-state index contributed by atoms with van der Waals surface area (Å²) in [6, 6.07) is 0.331. The zero-order valence-electron chi connectivity index (χ0n) is 9.26. The molecule has 0 aromatic carbocycles. The lowest BCUT2D eigenvalue weighted by atomic mass is 10.0. The van der Waals surface area contributed by atoms with Crippen molar-refractivity contribution < 1.29 is 33.0 Å². The van der Waals surface area contributed by atoms with Crippen LogP contribution in [-0.4, -0.2) is 39.3 Å². The summed E-state index contributed by atoms with van der Waals surface area (Å²) in [7, 11) is 0. The van der Waals surface area contributed by atoms with E-state index in [1.807, 2.05) is 0 Å². The Labute approximate surface area is 104 Å². The molecule has 1 amide bonds. The van der Waals surface area contributed by atoms with E-state index in [1.165, 1.54) is 29.8 Å². The molecule has 0 aliphatic rings. The fourth-order valence-electron chi connectivity index (χ4n) is 1.25. The lowest BCUT2D eigenvalue weighted by Crippen LogP contribution is -2.49. The van der Waals surface area contributed by atoms with E-state index in [9.17, 15) is 27.9 Å². The Hall–Kier alpha value is -2.16. The SMILES string of the molecule is O=C(O)C(NC(=O)C(F)(F)F)C(O)c1ccncc1. The molecule has 9 heteroatoms. The van der Waals surface area contributed by atoms with Crippen LogP contribution in [0.2, 0.25) is 0 Å². The van der Waals surface area contributed by atoms with Crippen LogP contribution in [0.15, 0.2) is 24.5 Å². The van der Waals surface area contributed by atoms with Gasteiger partial charge in [0.2, 0.25) is 0 Å². The molecular formula is C10H9F3N2O4. The van der Waals surface area contributed by atoms with Crippen LogP contribution in [-0.2, 0) is 9.59 Å². The number of nitrogens with zero attached hydrogens (tertiary/aromatic N) is 1. The lowest BCUT2D eigenvalue weighted by molar-refractivity contribution is -0.176. The molecule has 2 unspecified atom stereocenters. The lowest BCUT2D eigenvalue weighted by Gasteiger charge is -2.21. The molecule has 0 fully saturated rings. The number of carbonyl (C=O) groups excluding carboxylic acids is 1. The van der Waals surface area contributed by atoms with Crippen molar-refractivity contribution in [2.24, 2.45) is 0 Å². The number of alkyl halides is 3. The zero-order chi connectivity index (χ0) is 14.6. The van der Waals surface area contributed by atoms with Crippen LogP contribution in [0, 0.1) is 0 Å². The first-order chi connectivity index (χ1) is 8.73. The molecule has 0 spiro atoms. The molecule has 6 nitrogen and oxygen atoms in total. The molecule has 0 aliphatic carbocycles. The molecule has 104 valence electrons. The summed E-state index contributed by atoms with van der Waals surface area (Å²) in [5.74, 6) is -4.23. The fourth-order valence-corrected chi connectivity index (χ4v) is 1.25. The quantitative estimate of drug-likeness (QED) is 0.733. The van der Waals surface area contributed by atoms with Crippen molar-refractivity contribution in [1.29, 1.82) is 0 Å². The first kappa shape index (κ1) is 14.9. The largest absolute Gasteiger partial charge is 0.480 e. The van der Waals surface area contributed by atoms with E-state index in [0.717, 1.165) is 0 Å². The van der Waals surface area contributed by atoms with Crippen LogP contribution in [0.4, 0.5) is 13.2 Å². The Morgan fingerprint density at radius 2 is 1.79 bits per heavy atom. The van der Waals surface area contributed by atoms with Crippen LogP contribution < -0.4 is 5.32 Å². The molecule has 0 saturated heterocycles. The summed E-state index contributed by atoms with van der Waals surface area (Å²) in [5, 5.41) is 19.7. The van der Waals surface area contributed by atoms with E-state index in [4.69, 9.17) is 5.11 Å². The average molecular weight is 278 g/mol. The number of hydrogen-bond donors (Lipinski definition) is 3. The number of hydrogen-bond acceptors (Lipinski definition) is 4.